The van der Waals surface area contributed by atoms with Crippen LogP contribution in [0.3, 0.4) is 0 Å². The highest BCUT2D eigenvalue weighted by Gasteiger charge is 2.42. The Balaban J connectivity index is 1.42. The Morgan fingerprint density at radius 1 is 1.23 bits per heavy atom. The fraction of sp³-hybridized carbons (Fsp3) is 0.478. The molecule has 7 heteroatoms. The van der Waals surface area contributed by atoms with Crippen molar-refractivity contribution < 1.29 is 9.21 Å². The zero-order valence-electron chi connectivity index (χ0n) is 17.8. The number of fused-ring (bicyclic) bond motifs is 1. The van der Waals surface area contributed by atoms with E-state index in [-0.39, 0.29) is 11.6 Å². The molecule has 3 N–H and O–H groups in total. The minimum atomic E-state index is -0.261. The fourth-order valence-electron chi connectivity index (χ4n) is 4.05. The molecule has 3 heterocycles. The zero-order valence-corrected chi connectivity index (χ0v) is 17.8. The lowest BCUT2D eigenvalue weighted by Gasteiger charge is -2.45. The number of benzene rings is 1. The number of amides is 2. The van der Waals surface area contributed by atoms with E-state index < -0.39 is 0 Å². The van der Waals surface area contributed by atoms with Gasteiger partial charge in [0, 0.05) is 19.6 Å². The standard InChI is InChI=1S/C23H31N5O2/c1-17(2)9-12-24-21-23(27-20-8-4-3-7-19(20)26-21)10-13-28(14-11-23)22(29)25-16-18-6-5-15-30-18/h3-8,15,17,27H,9-14,16H2,1-2H3,(H,24,26)(H,25,29). The van der Waals surface area contributed by atoms with E-state index in [0.717, 1.165) is 48.8 Å². The molecule has 0 saturated carbocycles. The summed E-state index contributed by atoms with van der Waals surface area (Å²) in [4.78, 5) is 19.4. The number of nitrogens with zero attached hydrogens (tertiary/aromatic N) is 2. The van der Waals surface area contributed by atoms with Gasteiger partial charge in [-0.05, 0) is 49.4 Å². The Hall–Kier alpha value is -2.96. The Morgan fingerprint density at radius 3 is 2.77 bits per heavy atom. The number of carbonyl (C=O) groups excluding carboxylic acids is 1. The van der Waals surface area contributed by atoms with Crippen molar-refractivity contribution in [1.82, 2.24) is 15.5 Å². The van der Waals surface area contributed by atoms with Gasteiger partial charge in [-0.2, -0.15) is 0 Å². The average Bonchev–Trinajstić information content (AvgIpc) is 3.26. The number of furan rings is 1. The van der Waals surface area contributed by atoms with Gasteiger partial charge in [0.2, 0.25) is 0 Å². The second kappa shape index (κ2) is 8.81. The summed E-state index contributed by atoms with van der Waals surface area (Å²) in [5, 5.41) is 10.3. The second-order valence-electron chi connectivity index (χ2n) is 8.52. The average molecular weight is 410 g/mol. The molecule has 0 unspecified atom stereocenters. The molecule has 1 aromatic heterocycles. The van der Waals surface area contributed by atoms with Crippen LogP contribution in [0, 0.1) is 5.92 Å². The molecule has 1 fully saturated rings. The van der Waals surface area contributed by atoms with Crippen molar-refractivity contribution in [2.24, 2.45) is 10.9 Å². The number of hydrogen-bond acceptors (Lipinski definition) is 5. The summed E-state index contributed by atoms with van der Waals surface area (Å²) >= 11 is 0. The third kappa shape index (κ3) is 4.45. The normalized spacial score (nSPS) is 17.3. The molecular weight excluding hydrogens is 378 g/mol. The van der Waals surface area contributed by atoms with Gasteiger partial charge in [-0.15, -0.1) is 0 Å². The van der Waals surface area contributed by atoms with Crippen molar-refractivity contribution >= 4 is 23.2 Å². The van der Waals surface area contributed by atoms with Crippen molar-refractivity contribution in [3.05, 3.63) is 48.4 Å². The van der Waals surface area contributed by atoms with E-state index in [4.69, 9.17) is 9.41 Å². The van der Waals surface area contributed by atoms with Crippen LogP contribution in [-0.4, -0.2) is 41.9 Å². The number of urea groups is 1. The molecule has 160 valence electrons. The van der Waals surface area contributed by atoms with Crippen LogP contribution in [0.5, 0.6) is 0 Å². The number of amidine groups is 1. The van der Waals surface area contributed by atoms with Gasteiger partial charge in [0.25, 0.3) is 0 Å². The van der Waals surface area contributed by atoms with Gasteiger partial charge in [0.05, 0.1) is 29.7 Å². The van der Waals surface area contributed by atoms with Crippen molar-refractivity contribution in [2.45, 2.75) is 45.2 Å². The van der Waals surface area contributed by atoms with Crippen molar-refractivity contribution in [2.75, 3.05) is 25.0 Å². The van der Waals surface area contributed by atoms with Gasteiger partial charge in [0.1, 0.15) is 11.6 Å². The molecule has 1 aromatic carbocycles. The second-order valence-corrected chi connectivity index (χ2v) is 8.52. The van der Waals surface area contributed by atoms with Gasteiger partial charge in [0.15, 0.2) is 0 Å². The summed E-state index contributed by atoms with van der Waals surface area (Å²) in [5.74, 6) is 2.39. The van der Waals surface area contributed by atoms with Crippen LogP contribution in [0.4, 0.5) is 16.2 Å². The first-order valence-electron chi connectivity index (χ1n) is 10.8. The van der Waals surface area contributed by atoms with Crippen LogP contribution in [0.2, 0.25) is 0 Å². The Labute approximate surface area is 177 Å². The van der Waals surface area contributed by atoms with E-state index in [1.165, 1.54) is 0 Å². The number of anilines is 1. The largest absolute Gasteiger partial charge is 0.467 e. The number of para-hydroxylation sites is 2. The maximum atomic E-state index is 12.6. The Kier molecular flexibility index (Phi) is 5.97. The first-order valence-corrected chi connectivity index (χ1v) is 10.8. The van der Waals surface area contributed by atoms with Gasteiger partial charge in [-0.1, -0.05) is 26.0 Å². The fourth-order valence-corrected chi connectivity index (χ4v) is 4.05. The number of carbonyl (C=O) groups is 1. The number of aliphatic imine (C=N–C) groups is 1. The highest BCUT2D eigenvalue weighted by Crippen LogP contribution is 2.37. The van der Waals surface area contributed by atoms with Crippen LogP contribution in [0.25, 0.3) is 0 Å². The third-order valence-electron chi connectivity index (χ3n) is 5.88. The predicted molar refractivity (Wildman–Crippen MR) is 119 cm³/mol. The van der Waals surface area contributed by atoms with Crippen molar-refractivity contribution in [3.63, 3.8) is 0 Å². The van der Waals surface area contributed by atoms with E-state index in [9.17, 15) is 4.79 Å². The minimum Gasteiger partial charge on any atom is -0.467 e. The van der Waals surface area contributed by atoms with E-state index in [2.05, 4.69) is 35.9 Å². The van der Waals surface area contributed by atoms with E-state index in [1.807, 2.05) is 35.2 Å². The predicted octanol–water partition coefficient (Wildman–Crippen LogP) is 4.12. The summed E-state index contributed by atoms with van der Waals surface area (Å²) < 4.78 is 5.30. The summed E-state index contributed by atoms with van der Waals surface area (Å²) in [5.41, 5.74) is 1.76. The lowest BCUT2D eigenvalue weighted by Crippen LogP contribution is -2.60. The van der Waals surface area contributed by atoms with Gasteiger partial charge < -0.3 is 25.3 Å². The van der Waals surface area contributed by atoms with Gasteiger partial charge in [-0.3, -0.25) is 0 Å². The van der Waals surface area contributed by atoms with Crippen LogP contribution in [0.1, 0.15) is 38.9 Å². The molecule has 0 radical (unpaired) electrons. The smallest absolute Gasteiger partial charge is 0.317 e. The first-order chi connectivity index (χ1) is 14.6. The SMILES string of the molecule is CC(C)CCNC1=Nc2ccccc2NC12CCN(C(=O)NCc1ccco1)CC2. The molecule has 2 amide bonds. The molecule has 0 aliphatic carbocycles. The number of piperidine rings is 1. The summed E-state index contributed by atoms with van der Waals surface area (Å²) in [6.45, 7) is 7.10. The summed E-state index contributed by atoms with van der Waals surface area (Å²) in [6.07, 6.45) is 4.33. The molecule has 1 saturated heterocycles. The molecular formula is C23H31N5O2. The molecule has 2 aliphatic heterocycles. The molecule has 7 nitrogen and oxygen atoms in total. The number of hydrogen-bond donors (Lipinski definition) is 3. The molecule has 0 bridgehead atoms. The van der Waals surface area contributed by atoms with Crippen molar-refractivity contribution in [3.8, 4) is 0 Å². The first kappa shape index (κ1) is 20.3. The van der Waals surface area contributed by atoms with Gasteiger partial charge >= 0.3 is 6.03 Å². The molecule has 4 rings (SSSR count). The molecule has 0 atom stereocenters. The number of likely N-dealkylation sites (tertiary alicyclic amines) is 1. The lowest BCUT2D eigenvalue weighted by molar-refractivity contribution is 0.175. The highest BCUT2D eigenvalue weighted by molar-refractivity contribution is 6.00. The lowest BCUT2D eigenvalue weighted by atomic mass is 9.84. The highest BCUT2D eigenvalue weighted by atomic mass is 16.3. The topological polar surface area (TPSA) is 81.9 Å². The number of nitrogens with one attached hydrogen (secondary N) is 3. The number of rotatable bonds is 5. The van der Waals surface area contributed by atoms with E-state index >= 15 is 0 Å². The monoisotopic (exact) mass is 409 g/mol. The van der Waals surface area contributed by atoms with Crippen LogP contribution >= 0.6 is 0 Å². The molecule has 2 aliphatic rings. The zero-order chi connectivity index (χ0) is 21.0. The molecule has 30 heavy (non-hydrogen) atoms. The molecule has 2 aromatic rings. The van der Waals surface area contributed by atoms with E-state index in [1.54, 1.807) is 6.26 Å². The maximum Gasteiger partial charge on any atom is 0.317 e. The Morgan fingerprint density at radius 2 is 2.03 bits per heavy atom. The summed E-state index contributed by atoms with van der Waals surface area (Å²) in [7, 11) is 0. The van der Waals surface area contributed by atoms with Gasteiger partial charge in [-0.25, -0.2) is 9.79 Å². The maximum absolute atomic E-state index is 12.6. The van der Waals surface area contributed by atoms with Crippen LogP contribution in [-0.2, 0) is 6.54 Å². The Bertz CT molecular complexity index is 883. The third-order valence-corrected chi connectivity index (χ3v) is 5.88. The molecule has 1 spiro atoms. The van der Waals surface area contributed by atoms with Crippen LogP contribution in [0.15, 0.2) is 52.1 Å². The van der Waals surface area contributed by atoms with E-state index in [0.29, 0.717) is 25.6 Å². The summed E-state index contributed by atoms with van der Waals surface area (Å²) in [6, 6.07) is 11.8. The minimum absolute atomic E-state index is 0.0521. The van der Waals surface area contributed by atoms with Crippen molar-refractivity contribution in [1.29, 1.82) is 0 Å². The van der Waals surface area contributed by atoms with Crippen LogP contribution < -0.4 is 16.0 Å². The quantitative estimate of drug-likeness (QED) is 0.694.